The molecule has 3 aromatic carbocycles. The molecule has 3 fully saturated rings. The molecule has 14 unspecified atom stereocenters. The van der Waals surface area contributed by atoms with E-state index in [2.05, 4.69) is 26.6 Å². The standard InChI is InChI=1S/C48H65N9O16/c1-22-3-4-26-18-27(6-5-25(26)17-22)41(66)51-30-20-34(63)46(73-16-14-50)55-45(70)38-33(62)12-15-56(38)48(72)36(32(61)11-13-49)53-44(69)37(40(65)39(64)24-7-9-28(59)10-8-24)54-43(68)31-19-29(60)21-57(31)47(71)35(23(2)58)52-42(30)67/h3-10,17-18,23,29-40,46,58-65H,11-16,19-21,49-50H2,1-2H3,(H,51,66)(H,52,67)(H,53,69)(H,54,68)(H,55,70). The van der Waals surface area contributed by atoms with Gasteiger partial charge < -0.3 is 93.4 Å². The van der Waals surface area contributed by atoms with Gasteiger partial charge >= 0.3 is 0 Å². The summed E-state index contributed by atoms with van der Waals surface area (Å²) in [7, 11) is 0. The van der Waals surface area contributed by atoms with Crippen LogP contribution < -0.4 is 38.1 Å². The van der Waals surface area contributed by atoms with Crippen LogP contribution in [0.1, 0.15) is 60.2 Å². The summed E-state index contributed by atoms with van der Waals surface area (Å²) in [6, 6.07) is 3.38. The number of aliphatic hydroxyl groups excluding tert-OH is 7. The average Bonchev–Trinajstić information content (AvgIpc) is 3.95. The fourth-order valence-electron chi connectivity index (χ4n) is 9.17. The van der Waals surface area contributed by atoms with Crippen LogP contribution in [0.15, 0.2) is 60.7 Å². The van der Waals surface area contributed by atoms with Crippen molar-refractivity contribution in [2.75, 3.05) is 32.8 Å². The molecule has 3 saturated heterocycles. The Morgan fingerprint density at radius 1 is 0.753 bits per heavy atom. The number of nitrogens with one attached hydrogen (secondary N) is 5. The van der Waals surface area contributed by atoms with E-state index in [1.807, 2.05) is 19.1 Å². The van der Waals surface area contributed by atoms with Gasteiger partial charge in [0.25, 0.3) is 5.91 Å². The first-order valence-corrected chi connectivity index (χ1v) is 23.8. The minimum atomic E-state index is -2.30. The number of amides is 7. The molecule has 0 spiro atoms. The zero-order chi connectivity index (χ0) is 53.4. The first-order chi connectivity index (χ1) is 34.6. The molecule has 0 aromatic heterocycles. The molecule has 17 N–H and O–H groups in total. The van der Waals surface area contributed by atoms with Crippen molar-refractivity contribution in [3.8, 4) is 5.75 Å². The number of aliphatic hydroxyl groups is 7. The Hall–Kier alpha value is -6.39. The third-order valence-corrected chi connectivity index (χ3v) is 13.1. The van der Waals surface area contributed by atoms with Crippen LogP contribution in [0.3, 0.4) is 0 Å². The molecule has 7 amide bonds. The second-order valence-corrected chi connectivity index (χ2v) is 18.6. The summed E-state index contributed by atoms with van der Waals surface area (Å²) < 4.78 is 5.72. The van der Waals surface area contributed by atoms with Gasteiger partial charge in [-0.3, -0.25) is 33.6 Å². The Morgan fingerprint density at radius 2 is 1.40 bits per heavy atom. The number of carbonyl (C=O) groups excluding carboxylic acids is 7. The van der Waals surface area contributed by atoms with E-state index in [1.54, 1.807) is 18.2 Å². The molecular formula is C48H65N9O16. The number of phenols is 1. The van der Waals surface area contributed by atoms with E-state index < -0.39 is 146 Å². The number of benzene rings is 3. The molecule has 0 saturated carbocycles. The van der Waals surface area contributed by atoms with E-state index in [4.69, 9.17) is 16.2 Å². The summed E-state index contributed by atoms with van der Waals surface area (Å²) in [5.74, 6) is -8.34. The Bertz CT molecular complexity index is 2480. The number of phenolic OH excluding ortho intramolecular Hbond substituents is 1. The van der Waals surface area contributed by atoms with Crippen LogP contribution in [-0.4, -0.2) is 204 Å². The fourth-order valence-corrected chi connectivity index (χ4v) is 9.17. The van der Waals surface area contributed by atoms with Crippen molar-refractivity contribution in [1.29, 1.82) is 0 Å². The SMILES string of the molecule is Cc1ccc2cc(C(=O)NC3CC(O)C(OCCN)NC(=O)C4C(O)CCN4C(=O)C(C(O)CCN)NC(=O)C(C(O)C(O)c4ccc(O)cc4)NC(=O)C4CC(O)CN4C(=O)C(C(C)O)NC3=O)ccc2c1. The van der Waals surface area contributed by atoms with Gasteiger partial charge in [0, 0.05) is 38.0 Å². The molecule has 6 rings (SSSR count). The van der Waals surface area contributed by atoms with Crippen LogP contribution in [-0.2, 0) is 33.5 Å². The highest BCUT2D eigenvalue weighted by molar-refractivity contribution is 6.02. The van der Waals surface area contributed by atoms with Crippen LogP contribution in [0.4, 0.5) is 0 Å². The zero-order valence-electron chi connectivity index (χ0n) is 40.1. The first-order valence-electron chi connectivity index (χ1n) is 23.8. The van der Waals surface area contributed by atoms with Crippen molar-refractivity contribution in [3.05, 3.63) is 77.4 Å². The molecule has 14 atom stereocenters. The van der Waals surface area contributed by atoms with E-state index in [0.717, 1.165) is 39.8 Å². The molecule has 25 nitrogen and oxygen atoms in total. The van der Waals surface area contributed by atoms with E-state index in [9.17, 15) is 74.4 Å². The number of aryl methyl sites for hydroxylation is 1. The summed E-state index contributed by atoms with van der Waals surface area (Å²) >= 11 is 0. The lowest BCUT2D eigenvalue weighted by Crippen LogP contribution is -2.64. The number of carbonyl (C=O) groups is 7. The number of rotatable bonds is 12. The van der Waals surface area contributed by atoms with Crippen molar-refractivity contribution in [2.45, 2.75) is 125 Å². The smallest absolute Gasteiger partial charge is 0.251 e. The number of nitrogens with zero attached hydrogens (tertiary/aromatic N) is 2. The van der Waals surface area contributed by atoms with Gasteiger partial charge in [-0.25, -0.2) is 0 Å². The monoisotopic (exact) mass is 1020 g/mol. The van der Waals surface area contributed by atoms with E-state index in [1.165, 1.54) is 18.2 Å². The van der Waals surface area contributed by atoms with Crippen LogP contribution in [0, 0.1) is 6.92 Å². The predicted octanol–water partition coefficient (Wildman–Crippen LogP) is -5.30. The van der Waals surface area contributed by atoms with Crippen molar-refractivity contribution in [3.63, 3.8) is 0 Å². The van der Waals surface area contributed by atoms with Crippen molar-refractivity contribution < 1.29 is 79.2 Å². The topological polar surface area (TPSA) is 409 Å². The molecule has 73 heavy (non-hydrogen) atoms. The minimum Gasteiger partial charge on any atom is -0.508 e. The molecule has 3 aliphatic rings. The second-order valence-electron chi connectivity index (χ2n) is 18.6. The summed E-state index contributed by atoms with van der Waals surface area (Å²) in [4.78, 5) is 102. The van der Waals surface area contributed by atoms with Gasteiger partial charge in [-0.2, -0.15) is 0 Å². The number of aromatic hydroxyl groups is 1. The summed E-state index contributed by atoms with van der Waals surface area (Å²) in [5, 5.41) is 103. The number of hydrogen-bond donors (Lipinski definition) is 15. The number of ether oxygens (including phenoxy) is 1. The Morgan fingerprint density at radius 3 is 2.07 bits per heavy atom. The van der Waals surface area contributed by atoms with E-state index in [0.29, 0.717) is 5.39 Å². The number of nitrogens with two attached hydrogens (primary N) is 2. The summed E-state index contributed by atoms with van der Waals surface area (Å²) in [6.45, 7) is 1.35. The maximum absolute atomic E-state index is 14.6. The molecule has 3 aromatic rings. The molecule has 398 valence electrons. The third kappa shape index (κ3) is 13.2. The summed E-state index contributed by atoms with van der Waals surface area (Å²) in [5.41, 5.74) is 12.4. The van der Waals surface area contributed by atoms with Crippen molar-refractivity contribution >= 4 is 52.1 Å². The molecule has 25 heteroatoms. The van der Waals surface area contributed by atoms with Gasteiger partial charge in [-0.15, -0.1) is 0 Å². The molecule has 0 radical (unpaired) electrons. The zero-order valence-corrected chi connectivity index (χ0v) is 40.1. The van der Waals surface area contributed by atoms with E-state index in [-0.39, 0.29) is 56.0 Å². The van der Waals surface area contributed by atoms with Crippen LogP contribution in [0.25, 0.3) is 10.8 Å². The van der Waals surface area contributed by atoms with Crippen molar-refractivity contribution in [2.24, 2.45) is 11.5 Å². The number of hydrogen-bond acceptors (Lipinski definition) is 18. The quantitative estimate of drug-likeness (QED) is 0.0806. The lowest BCUT2D eigenvalue weighted by Gasteiger charge is -2.35. The highest BCUT2D eigenvalue weighted by atomic mass is 16.5. The van der Waals surface area contributed by atoms with Gasteiger partial charge in [0.1, 0.15) is 60.3 Å². The Labute approximate surface area is 418 Å². The van der Waals surface area contributed by atoms with Crippen LogP contribution in [0.2, 0.25) is 0 Å². The van der Waals surface area contributed by atoms with E-state index >= 15 is 0 Å². The molecule has 3 heterocycles. The van der Waals surface area contributed by atoms with Gasteiger partial charge in [0.2, 0.25) is 35.4 Å². The summed E-state index contributed by atoms with van der Waals surface area (Å²) in [6.07, 6.45) is -16.5. The molecule has 0 aliphatic carbocycles. The second kappa shape index (κ2) is 24.6. The normalized spacial score (nSPS) is 28.6. The first kappa shape index (κ1) is 55.9. The van der Waals surface area contributed by atoms with Gasteiger partial charge in [-0.1, -0.05) is 42.0 Å². The fraction of sp³-hybridized carbons (Fsp3) is 0.521. The minimum absolute atomic E-state index is 0.0649. The Balaban J connectivity index is 1.44. The predicted molar refractivity (Wildman–Crippen MR) is 256 cm³/mol. The van der Waals surface area contributed by atoms with Gasteiger partial charge in [-0.05, 0) is 73.8 Å². The highest BCUT2D eigenvalue weighted by Crippen LogP contribution is 2.27. The lowest BCUT2D eigenvalue weighted by atomic mass is 9.96. The maximum atomic E-state index is 14.6. The molecular weight excluding hydrogens is 959 g/mol. The van der Waals surface area contributed by atoms with Crippen LogP contribution >= 0.6 is 0 Å². The lowest BCUT2D eigenvalue weighted by molar-refractivity contribution is -0.149. The largest absolute Gasteiger partial charge is 0.508 e. The molecule has 0 bridgehead atoms. The van der Waals surface area contributed by atoms with Gasteiger partial charge in [0.05, 0.1) is 31.0 Å². The van der Waals surface area contributed by atoms with Crippen molar-refractivity contribution in [1.82, 2.24) is 36.4 Å². The third-order valence-electron chi connectivity index (χ3n) is 13.1. The Kier molecular flexibility index (Phi) is 18.8. The number of fused-ring (bicyclic) bond motifs is 3. The van der Waals surface area contributed by atoms with Gasteiger partial charge in [0.15, 0.2) is 6.23 Å². The average molecular weight is 1020 g/mol. The maximum Gasteiger partial charge on any atom is 0.251 e. The highest BCUT2D eigenvalue weighted by Gasteiger charge is 2.49. The van der Waals surface area contributed by atoms with Crippen LogP contribution in [0.5, 0.6) is 5.75 Å². The molecule has 3 aliphatic heterocycles.